The van der Waals surface area contributed by atoms with Gasteiger partial charge in [-0.3, -0.25) is 27.8 Å². The van der Waals surface area contributed by atoms with Crippen LogP contribution in [0.25, 0.3) is 52.1 Å². The zero-order valence-corrected chi connectivity index (χ0v) is 50.8. The van der Waals surface area contributed by atoms with E-state index in [0.29, 0.717) is 54.8 Å². The number of aromatic carboxylic acids is 1. The van der Waals surface area contributed by atoms with E-state index in [1.807, 2.05) is 111 Å². The number of benzene rings is 6. The molecule has 0 atom stereocenters. The highest BCUT2D eigenvalue weighted by Crippen LogP contribution is 2.42. The van der Waals surface area contributed by atoms with E-state index in [0.717, 1.165) is 78.1 Å². The zero-order valence-electron chi connectivity index (χ0n) is 46.5. The Morgan fingerprint density at radius 2 is 0.988 bits per heavy atom. The smallest absolute Gasteiger partial charge is 0.356 e. The van der Waals surface area contributed by atoms with Gasteiger partial charge in [0.1, 0.15) is 21.2 Å². The first-order valence-electron chi connectivity index (χ1n) is 25.8. The van der Waals surface area contributed by atoms with E-state index >= 15 is 0 Å². The van der Waals surface area contributed by atoms with Gasteiger partial charge in [0.2, 0.25) is 20.0 Å². The van der Waals surface area contributed by atoms with E-state index < -0.39 is 51.2 Å². The van der Waals surface area contributed by atoms with Crippen LogP contribution in [-0.4, -0.2) is 84.1 Å². The quantitative estimate of drug-likeness (QED) is 0.0573. The second-order valence-corrected chi connectivity index (χ2v) is 32.2. The molecule has 0 aliphatic heterocycles. The van der Waals surface area contributed by atoms with Crippen molar-refractivity contribution in [3.05, 3.63) is 199 Å². The van der Waals surface area contributed by atoms with Crippen LogP contribution in [0, 0.1) is 13.8 Å². The largest absolute Gasteiger partial charge is 0.496 e. The number of hydrogen-bond acceptors (Lipinski definition) is 13. The molecule has 10 aromatic rings. The van der Waals surface area contributed by atoms with Gasteiger partial charge in [-0.25, -0.2) is 26.4 Å². The van der Waals surface area contributed by atoms with Crippen LogP contribution in [0.2, 0.25) is 25.7 Å². The molecule has 424 valence electrons. The number of fused-ring (bicyclic) bond motifs is 4. The molecule has 6 aromatic carbocycles. The number of pyridine rings is 2. The van der Waals surface area contributed by atoms with Crippen molar-refractivity contribution in [2.24, 2.45) is 0 Å². The van der Waals surface area contributed by atoms with Crippen LogP contribution in [0.4, 0.5) is 11.4 Å². The van der Waals surface area contributed by atoms with Crippen LogP contribution in [0.5, 0.6) is 11.5 Å². The molecular formula is C61H60N4O12S4Si. The minimum Gasteiger partial charge on any atom is -0.496 e. The van der Waals surface area contributed by atoms with Crippen molar-refractivity contribution < 1.29 is 45.7 Å². The highest BCUT2D eigenvalue weighted by molar-refractivity contribution is 7.92. The van der Waals surface area contributed by atoms with Crippen molar-refractivity contribution in [3.63, 3.8) is 0 Å². The molecule has 0 saturated carbocycles. The second kappa shape index (κ2) is 23.4. The molecule has 0 aliphatic carbocycles. The lowest BCUT2D eigenvalue weighted by Crippen LogP contribution is -2.25. The average Bonchev–Trinajstić information content (AvgIpc) is 4.18. The molecule has 0 bridgehead atoms. The Bertz CT molecular complexity index is 4530. The maximum atomic E-state index is 13.9. The fourth-order valence-corrected chi connectivity index (χ4v) is 14.5. The Labute approximate surface area is 483 Å². The summed E-state index contributed by atoms with van der Waals surface area (Å²) in [5.41, 5.74) is 5.00. The number of aryl methyl sites for hydroxylation is 2. The number of esters is 1. The average molecular weight is 1200 g/mol. The Balaban J connectivity index is 0.000000200. The lowest BCUT2D eigenvalue weighted by atomic mass is 9.98. The number of sulfonamides is 2. The fraction of sp³-hybridized carbons (Fsp3) is 0.213. The molecule has 0 saturated heterocycles. The minimum absolute atomic E-state index is 0.0726. The summed E-state index contributed by atoms with van der Waals surface area (Å²) in [4.78, 5) is 54.9. The Hall–Kier alpha value is -8.08. The highest BCUT2D eigenvalue weighted by Gasteiger charge is 2.30. The zero-order chi connectivity index (χ0) is 59.0. The second-order valence-electron chi connectivity index (χ2n) is 21.1. The molecule has 0 unspecified atom stereocenters. The third kappa shape index (κ3) is 12.7. The lowest BCUT2D eigenvalue weighted by Gasteiger charge is -2.16. The van der Waals surface area contributed by atoms with Crippen molar-refractivity contribution in [3.8, 4) is 32.4 Å². The van der Waals surface area contributed by atoms with Gasteiger partial charge in [-0.1, -0.05) is 105 Å². The fourth-order valence-electron chi connectivity index (χ4n) is 9.88. The molecule has 0 aliphatic rings. The number of carboxylic acids is 1. The van der Waals surface area contributed by atoms with Crippen LogP contribution in [0.1, 0.15) is 54.4 Å². The summed E-state index contributed by atoms with van der Waals surface area (Å²) < 4.78 is 74.4. The van der Waals surface area contributed by atoms with E-state index in [4.69, 9.17) is 14.2 Å². The Morgan fingerprint density at radius 3 is 1.39 bits per heavy atom. The normalized spacial score (nSPS) is 11.9. The summed E-state index contributed by atoms with van der Waals surface area (Å²) in [6, 6.07) is 41.7. The van der Waals surface area contributed by atoms with Gasteiger partial charge < -0.3 is 19.3 Å². The molecule has 82 heavy (non-hydrogen) atoms. The van der Waals surface area contributed by atoms with Gasteiger partial charge >= 0.3 is 11.9 Å². The van der Waals surface area contributed by atoms with Crippen molar-refractivity contribution in [1.29, 1.82) is 0 Å². The molecule has 4 aromatic heterocycles. The number of nitrogens with one attached hydrogen (secondary N) is 2. The van der Waals surface area contributed by atoms with Crippen molar-refractivity contribution >= 4 is 105 Å². The molecule has 0 spiro atoms. The van der Waals surface area contributed by atoms with E-state index in [9.17, 15) is 41.1 Å². The number of anilines is 2. The number of nitrogens with zero attached hydrogens (tertiary/aromatic N) is 2. The van der Waals surface area contributed by atoms with E-state index in [1.54, 1.807) is 38.5 Å². The van der Waals surface area contributed by atoms with Crippen LogP contribution < -0.4 is 30.0 Å². The van der Waals surface area contributed by atoms with Gasteiger partial charge in [0, 0.05) is 33.0 Å². The molecular weight excluding hydrogens is 1140 g/mol. The number of thiazole rings is 2. The van der Waals surface area contributed by atoms with E-state index in [-0.39, 0.29) is 40.6 Å². The molecule has 0 radical (unpaired) electrons. The lowest BCUT2D eigenvalue weighted by molar-refractivity contribution is 0.0517. The molecule has 16 nitrogen and oxygen atoms in total. The van der Waals surface area contributed by atoms with Crippen molar-refractivity contribution in [2.75, 3.05) is 42.8 Å². The van der Waals surface area contributed by atoms with E-state index in [2.05, 4.69) is 29.1 Å². The number of aromatic nitrogens is 2. The van der Waals surface area contributed by atoms with Crippen LogP contribution in [0.15, 0.2) is 143 Å². The van der Waals surface area contributed by atoms with Crippen molar-refractivity contribution in [2.45, 2.75) is 52.4 Å². The van der Waals surface area contributed by atoms with Gasteiger partial charge in [-0.2, -0.15) is 0 Å². The van der Waals surface area contributed by atoms with Gasteiger partial charge in [0.05, 0.1) is 54.5 Å². The summed E-state index contributed by atoms with van der Waals surface area (Å²) in [7, 11) is -5.90. The van der Waals surface area contributed by atoms with Gasteiger partial charge in [0.25, 0.3) is 11.1 Å². The van der Waals surface area contributed by atoms with Crippen LogP contribution >= 0.6 is 22.7 Å². The number of ether oxygens (including phenoxy) is 3. The third-order valence-electron chi connectivity index (χ3n) is 13.7. The first kappa shape index (κ1) is 58.6. The summed E-state index contributed by atoms with van der Waals surface area (Å²) in [6.45, 7) is 10.5. The predicted octanol–water partition coefficient (Wildman–Crippen LogP) is 12.1. The molecule has 21 heteroatoms. The number of carbonyl (C=O) groups excluding carboxylic acids is 1. The molecule has 0 fully saturated rings. The van der Waals surface area contributed by atoms with Gasteiger partial charge in [-0.05, 0) is 122 Å². The standard InChI is InChI=1S/C33H36N2O6S2Si.C28H24N2O6S2/c1-21-18-24(14-15-27(21)40-2)31-30(33(37)41-16-17-44(4,5)6)35-28(36)20-25(29(32(35)42-31)34-43(3,38)39)19-23-12-9-11-22-10-7-8-13-26(22)23;1-16-13-19(11-12-22(16)36-2)26-25(28(32)33)30-23(31)15-20(24(27(30)37-26)29-38(3,34)35)14-18-9-6-8-17-7-4-5-10-21(17)18/h7-15,18,20,34H,16-17,19H2,1-6H3;4-13,15,29H,14H2,1-3H3,(H,32,33). The first-order valence-corrected chi connectivity index (χ1v) is 35.0. The highest BCUT2D eigenvalue weighted by atomic mass is 32.2. The number of carbonyl (C=O) groups is 2. The van der Waals surface area contributed by atoms with Crippen LogP contribution in [0.3, 0.4) is 0 Å². The Kier molecular flexibility index (Phi) is 16.7. The number of hydrogen-bond donors (Lipinski definition) is 3. The monoisotopic (exact) mass is 1200 g/mol. The number of rotatable bonds is 17. The number of methoxy groups -OCH3 is 2. The predicted molar refractivity (Wildman–Crippen MR) is 332 cm³/mol. The maximum Gasteiger partial charge on any atom is 0.356 e. The first-order chi connectivity index (χ1) is 38.8. The topological polar surface area (TPSA) is 217 Å². The maximum absolute atomic E-state index is 13.9. The van der Waals surface area contributed by atoms with Gasteiger partial charge in [0.15, 0.2) is 11.4 Å². The summed E-state index contributed by atoms with van der Waals surface area (Å²) >= 11 is 2.23. The summed E-state index contributed by atoms with van der Waals surface area (Å²) in [5, 5.41) is 14.2. The molecule has 3 N–H and O–H groups in total. The summed E-state index contributed by atoms with van der Waals surface area (Å²) in [5.74, 6) is -0.607. The van der Waals surface area contributed by atoms with E-state index in [1.165, 1.54) is 27.9 Å². The number of carboxylic acid groups (broad SMARTS) is 1. The third-order valence-corrected chi connectivity index (χ3v) is 19.0. The molecule has 10 rings (SSSR count). The Morgan fingerprint density at radius 1 is 0.573 bits per heavy atom. The summed E-state index contributed by atoms with van der Waals surface area (Å²) in [6.07, 6.45) is 2.66. The SMILES string of the molecule is COc1ccc(-c2sc3c(NS(C)(=O)=O)c(Cc4cccc5ccccc45)cc(=O)n3c2C(=O)O)cc1C.COc1ccc(-c2sc3c(NS(C)(=O)=O)c(Cc4cccc5ccccc45)cc(=O)n3c2C(=O)OCC[Si](C)(C)C)cc1C. The molecule has 0 amide bonds. The van der Waals surface area contributed by atoms with Gasteiger partial charge in [-0.15, -0.1) is 22.7 Å². The van der Waals surface area contributed by atoms with Crippen LogP contribution in [-0.2, 0) is 37.6 Å². The minimum atomic E-state index is -3.77. The van der Waals surface area contributed by atoms with Crippen molar-refractivity contribution in [1.82, 2.24) is 8.80 Å². The molecule has 4 heterocycles.